The van der Waals surface area contributed by atoms with Crippen molar-refractivity contribution in [2.24, 2.45) is 5.73 Å². The van der Waals surface area contributed by atoms with Crippen LogP contribution in [0.4, 0.5) is 5.69 Å². The second-order valence-electron chi connectivity index (χ2n) is 3.98. The molecule has 0 saturated carbocycles. The van der Waals surface area contributed by atoms with Crippen LogP contribution in [0.15, 0.2) is 24.3 Å². The summed E-state index contributed by atoms with van der Waals surface area (Å²) in [6.45, 7) is 6.21. The van der Waals surface area contributed by atoms with Crippen molar-refractivity contribution < 1.29 is 4.74 Å². The Balaban J connectivity index is 2.64. The zero-order valence-electron chi connectivity index (χ0n) is 10.4. The normalized spacial score (nSPS) is 12.5. The van der Waals surface area contributed by atoms with Gasteiger partial charge in [-0.2, -0.15) is 0 Å². The maximum Gasteiger partial charge on any atom is 0.0871 e. The minimum Gasteiger partial charge on any atom is -0.375 e. The van der Waals surface area contributed by atoms with E-state index < -0.39 is 0 Å². The molecular formula is C13H22N2O. The number of hydrogen-bond donors (Lipinski definition) is 1. The molecule has 1 aromatic carbocycles. The van der Waals surface area contributed by atoms with Crippen LogP contribution in [0.2, 0.25) is 0 Å². The number of nitrogens with zero attached hydrogens (tertiary/aromatic N) is 1. The van der Waals surface area contributed by atoms with Crippen molar-refractivity contribution in [2.45, 2.75) is 20.0 Å². The molecule has 0 aliphatic rings. The number of ether oxygens (including phenoxy) is 1. The third kappa shape index (κ3) is 3.51. The molecule has 0 aliphatic carbocycles. The molecule has 1 aromatic rings. The lowest BCUT2D eigenvalue weighted by Gasteiger charge is -2.26. The first-order valence-corrected chi connectivity index (χ1v) is 5.77. The topological polar surface area (TPSA) is 38.5 Å². The molecule has 3 nitrogen and oxygen atoms in total. The van der Waals surface area contributed by atoms with Gasteiger partial charge in [-0.05, 0) is 25.5 Å². The molecule has 0 heterocycles. The van der Waals surface area contributed by atoms with Crippen molar-refractivity contribution in [3.8, 4) is 0 Å². The predicted molar refractivity (Wildman–Crippen MR) is 68.9 cm³/mol. The predicted octanol–water partition coefficient (Wildman–Crippen LogP) is 1.80. The minimum atomic E-state index is 0.106. The van der Waals surface area contributed by atoms with Crippen LogP contribution in [-0.4, -0.2) is 32.8 Å². The summed E-state index contributed by atoms with van der Waals surface area (Å²) in [5.41, 5.74) is 8.18. The van der Waals surface area contributed by atoms with Gasteiger partial charge in [0.05, 0.1) is 6.10 Å². The Labute approximate surface area is 98.2 Å². The Morgan fingerprint density at radius 3 is 2.62 bits per heavy atom. The number of benzene rings is 1. The fraction of sp³-hybridized carbons (Fsp3) is 0.538. The van der Waals surface area contributed by atoms with E-state index in [1.807, 2.05) is 6.92 Å². The smallest absolute Gasteiger partial charge is 0.0871 e. The number of aryl methyl sites for hydroxylation is 1. The van der Waals surface area contributed by atoms with E-state index in [0.717, 1.165) is 6.54 Å². The molecule has 3 heteroatoms. The van der Waals surface area contributed by atoms with Crippen LogP contribution in [0.25, 0.3) is 0 Å². The molecule has 16 heavy (non-hydrogen) atoms. The quantitative estimate of drug-likeness (QED) is 0.797. The molecular weight excluding hydrogens is 200 g/mol. The van der Waals surface area contributed by atoms with E-state index in [2.05, 4.69) is 43.1 Å². The highest BCUT2D eigenvalue weighted by molar-refractivity contribution is 5.52. The third-order valence-corrected chi connectivity index (χ3v) is 2.67. The first kappa shape index (κ1) is 13.0. The highest BCUT2D eigenvalue weighted by atomic mass is 16.5. The van der Waals surface area contributed by atoms with Crippen LogP contribution >= 0.6 is 0 Å². The Bertz CT molecular complexity index is 315. The van der Waals surface area contributed by atoms with Crippen molar-refractivity contribution in [3.05, 3.63) is 29.8 Å². The molecule has 0 amide bonds. The van der Waals surface area contributed by atoms with Gasteiger partial charge in [-0.1, -0.05) is 18.2 Å². The van der Waals surface area contributed by atoms with Gasteiger partial charge in [-0.3, -0.25) is 0 Å². The molecule has 0 fully saturated rings. The summed E-state index contributed by atoms with van der Waals surface area (Å²) in [5.74, 6) is 0. The summed E-state index contributed by atoms with van der Waals surface area (Å²) < 4.78 is 5.56. The summed E-state index contributed by atoms with van der Waals surface area (Å²) in [5, 5.41) is 0. The standard InChI is InChI=1S/C13H22N2O/c1-4-16-12(9-14)10-15(3)13-8-6-5-7-11(13)2/h5-8,12H,4,9-10,14H2,1-3H3. The Morgan fingerprint density at radius 2 is 2.06 bits per heavy atom. The van der Waals surface area contributed by atoms with Gasteiger partial charge in [0.2, 0.25) is 0 Å². The summed E-state index contributed by atoms with van der Waals surface area (Å²) in [7, 11) is 2.07. The van der Waals surface area contributed by atoms with E-state index in [9.17, 15) is 0 Å². The molecule has 0 spiro atoms. The van der Waals surface area contributed by atoms with E-state index in [1.54, 1.807) is 0 Å². The fourth-order valence-corrected chi connectivity index (χ4v) is 1.83. The number of likely N-dealkylation sites (N-methyl/N-ethyl adjacent to an activating group) is 1. The molecule has 1 atom stereocenters. The van der Waals surface area contributed by atoms with Crippen LogP contribution < -0.4 is 10.6 Å². The molecule has 1 unspecified atom stereocenters. The van der Waals surface area contributed by atoms with Gasteiger partial charge in [0.15, 0.2) is 0 Å². The second kappa shape index (κ2) is 6.51. The lowest BCUT2D eigenvalue weighted by atomic mass is 10.2. The molecule has 0 aromatic heterocycles. The maximum absolute atomic E-state index is 5.67. The zero-order chi connectivity index (χ0) is 12.0. The first-order chi connectivity index (χ1) is 7.69. The summed E-state index contributed by atoms with van der Waals surface area (Å²) in [6.07, 6.45) is 0.106. The van der Waals surface area contributed by atoms with Crippen molar-refractivity contribution in [1.82, 2.24) is 0 Å². The molecule has 90 valence electrons. The van der Waals surface area contributed by atoms with Crippen molar-refractivity contribution in [3.63, 3.8) is 0 Å². The van der Waals surface area contributed by atoms with Gasteiger partial charge in [-0.25, -0.2) is 0 Å². The second-order valence-corrected chi connectivity index (χ2v) is 3.98. The lowest BCUT2D eigenvalue weighted by molar-refractivity contribution is 0.0745. The van der Waals surface area contributed by atoms with E-state index >= 15 is 0 Å². The van der Waals surface area contributed by atoms with Crippen LogP contribution in [0.3, 0.4) is 0 Å². The first-order valence-electron chi connectivity index (χ1n) is 5.77. The summed E-state index contributed by atoms with van der Waals surface area (Å²) >= 11 is 0. The summed E-state index contributed by atoms with van der Waals surface area (Å²) in [4.78, 5) is 2.20. The van der Waals surface area contributed by atoms with Crippen LogP contribution in [0.1, 0.15) is 12.5 Å². The molecule has 2 N–H and O–H groups in total. The van der Waals surface area contributed by atoms with Gasteiger partial charge in [0.25, 0.3) is 0 Å². The number of rotatable bonds is 6. The largest absolute Gasteiger partial charge is 0.375 e. The molecule has 0 aliphatic heterocycles. The third-order valence-electron chi connectivity index (χ3n) is 2.67. The van der Waals surface area contributed by atoms with Gasteiger partial charge in [0.1, 0.15) is 0 Å². The summed E-state index contributed by atoms with van der Waals surface area (Å²) in [6, 6.07) is 8.34. The van der Waals surface area contributed by atoms with Gasteiger partial charge in [-0.15, -0.1) is 0 Å². The van der Waals surface area contributed by atoms with Crippen molar-refractivity contribution in [1.29, 1.82) is 0 Å². The van der Waals surface area contributed by atoms with Gasteiger partial charge in [0, 0.05) is 32.4 Å². The van der Waals surface area contributed by atoms with Crippen LogP contribution in [-0.2, 0) is 4.74 Å². The highest BCUT2D eigenvalue weighted by Crippen LogP contribution is 2.18. The lowest BCUT2D eigenvalue weighted by Crippen LogP contribution is -2.36. The van der Waals surface area contributed by atoms with Crippen LogP contribution in [0.5, 0.6) is 0 Å². The molecule has 0 bridgehead atoms. The van der Waals surface area contributed by atoms with Gasteiger partial charge < -0.3 is 15.4 Å². The molecule has 1 rings (SSSR count). The van der Waals surface area contributed by atoms with E-state index in [-0.39, 0.29) is 6.10 Å². The van der Waals surface area contributed by atoms with E-state index in [4.69, 9.17) is 10.5 Å². The van der Waals surface area contributed by atoms with E-state index in [0.29, 0.717) is 13.2 Å². The maximum atomic E-state index is 5.67. The number of nitrogens with two attached hydrogens (primary N) is 1. The number of para-hydroxylation sites is 1. The monoisotopic (exact) mass is 222 g/mol. The molecule has 0 saturated heterocycles. The minimum absolute atomic E-state index is 0.106. The zero-order valence-corrected chi connectivity index (χ0v) is 10.4. The Hall–Kier alpha value is -1.06. The fourth-order valence-electron chi connectivity index (χ4n) is 1.83. The Kier molecular flexibility index (Phi) is 5.29. The van der Waals surface area contributed by atoms with Gasteiger partial charge >= 0.3 is 0 Å². The van der Waals surface area contributed by atoms with Crippen molar-refractivity contribution in [2.75, 3.05) is 31.6 Å². The van der Waals surface area contributed by atoms with Crippen LogP contribution in [0, 0.1) is 6.92 Å². The van der Waals surface area contributed by atoms with E-state index in [1.165, 1.54) is 11.3 Å². The SMILES string of the molecule is CCOC(CN)CN(C)c1ccccc1C. The number of anilines is 1. The van der Waals surface area contributed by atoms with Crippen molar-refractivity contribution >= 4 is 5.69 Å². The average Bonchev–Trinajstić information content (AvgIpc) is 2.28. The Morgan fingerprint density at radius 1 is 1.38 bits per heavy atom. The molecule has 0 radical (unpaired) electrons. The average molecular weight is 222 g/mol. The number of hydrogen-bond acceptors (Lipinski definition) is 3. The highest BCUT2D eigenvalue weighted by Gasteiger charge is 2.11.